The van der Waals surface area contributed by atoms with Crippen LogP contribution in [0.25, 0.3) is 22.4 Å². The molecular weight excluding hydrogens is 425 g/mol. The van der Waals surface area contributed by atoms with Crippen LogP contribution in [0.4, 0.5) is 10.1 Å². The Balaban J connectivity index is 1.75. The molecule has 8 nitrogen and oxygen atoms in total. The maximum Gasteiger partial charge on any atom is 0.329 e. The smallest absolute Gasteiger partial charge is 0.329 e. The lowest BCUT2D eigenvalue weighted by Gasteiger charge is -2.08. The number of hydrogen-bond donors (Lipinski definition) is 1. The van der Waals surface area contributed by atoms with Crippen LogP contribution in [-0.4, -0.2) is 25.2 Å². The summed E-state index contributed by atoms with van der Waals surface area (Å²) < 4.78 is 21.3. The molecule has 0 saturated carbocycles. The lowest BCUT2D eigenvalue weighted by atomic mass is 10.2. The monoisotopic (exact) mass is 443 g/mol. The van der Waals surface area contributed by atoms with Gasteiger partial charge >= 0.3 is 5.69 Å². The van der Waals surface area contributed by atoms with Crippen LogP contribution in [0, 0.1) is 12.7 Å². The summed E-state index contributed by atoms with van der Waals surface area (Å²) in [6, 6.07) is 8.88. The van der Waals surface area contributed by atoms with Crippen LogP contribution in [0.3, 0.4) is 0 Å². The molecule has 0 radical (unpaired) electrons. The summed E-state index contributed by atoms with van der Waals surface area (Å²) in [5.74, 6) is -0.177. The molecule has 0 aliphatic carbocycles. The first kappa shape index (κ1) is 20.8. The number of anilines is 1. The molecule has 0 spiro atoms. The zero-order valence-corrected chi connectivity index (χ0v) is 17.8. The Kier molecular flexibility index (Phi) is 5.36. The molecule has 1 N–H and O–H groups in total. The molecule has 31 heavy (non-hydrogen) atoms. The van der Waals surface area contributed by atoms with Gasteiger partial charge in [0.05, 0.1) is 21.7 Å². The second-order valence-electron chi connectivity index (χ2n) is 7.35. The minimum atomic E-state index is -0.511. The first-order valence-corrected chi connectivity index (χ1v) is 9.92. The Morgan fingerprint density at radius 3 is 2.65 bits per heavy atom. The van der Waals surface area contributed by atoms with Gasteiger partial charge in [-0.15, -0.1) is 0 Å². The van der Waals surface area contributed by atoms with Crippen molar-refractivity contribution >= 4 is 34.2 Å². The Hall–Kier alpha value is -3.46. The Bertz CT molecular complexity index is 1360. The fourth-order valence-corrected chi connectivity index (χ4v) is 3.63. The number of benzene rings is 2. The van der Waals surface area contributed by atoms with Gasteiger partial charge in [0.1, 0.15) is 12.4 Å². The van der Waals surface area contributed by atoms with E-state index in [1.54, 1.807) is 29.7 Å². The van der Waals surface area contributed by atoms with E-state index in [9.17, 15) is 14.0 Å². The van der Waals surface area contributed by atoms with Crippen molar-refractivity contribution in [1.82, 2.24) is 19.3 Å². The first-order valence-electron chi connectivity index (χ1n) is 9.55. The molecule has 2 aromatic carbocycles. The van der Waals surface area contributed by atoms with Gasteiger partial charge in [-0.05, 0) is 50.2 Å². The van der Waals surface area contributed by atoms with Gasteiger partial charge in [0.15, 0.2) is 0 Å². The van der Waals surface area contributed by atoms with E-state index in [2.05, 4.69) is 15.5 Å². The van der Waals surface area contributed by atoms with Gasteiger partial charge in [-0.25, -0.2) is 9.18 Å². The third-order valence-corrected chi connectivity index (χ3v) is 5.08. The number of nitrogens with zero attached hydrogens (tertiary/aromatic N) is 4. The van der Waals surface area contributed by atoms with Gasteiger partial charge < -0.3 is 9.84 Å². The average Bonchev–Trinajstić information content (AvgIpc) is 3.25. The number of amides is 1. The van der Waals surface area contributed by atoms with Gasteiger partial charge in [-0.2, -0.15) is 4.98 Å². The number of carbonyl (C=O) groups excluding carboxylic acids is 1. The number of aromatic nitrogens is 4. The molecule has 2 aromatic heterocycles. The number of fused-ring (bicyclic) bond motifs is 1. The Morgan fingerprint density at radius 1 is 1.23 bits per heavy atom. The molecule has 0 fully saturated rings. The van der Waals surface area contributed by atoms with Crippen LogP contribution < -0.4 is 11.0 Å². The van der Waals surface area contributed by atoms with Crippen LogP contribution >= 0.6 is 11.6 Å². The van der Waals surface area contributed by atoms with Gasteiger partial charge in [0.25, 0.3) is 0 Å². The first-order chi connectivity index (χ1) is 14.7. The topological polar surface area (TPSA) is 95.0 Å². The largest absolute Gasteiger partial charge is 0.339 e. The highest BCUT2D eigenvalue weighted by atomic mass is 35.5. The number of imidazole rings is 1. The van der Waals surface area contributed by atoms with E-state index < -0.39 is 11.7 Å². The van der Waals surface area contributed by atoms with Crippen molar-refractivity contribution in [2.45, 2.75) is 33.4 Å². The normalized spacial score (nSPS) is 11.4. The van der Waals surface area contributed by atoms with Crippen molar-refractivity contribution in [2.24, 2.45) is 0 Å². The van der Waals surface area contributed by atoms with E-state index in [1.165, 1.54) is 16.7 Å². The maximum atomic E-state index is 13.3. The van der Waals surface area contributed by atoms with E-state index in [1.807, 2.05) is 13.8 Å². The summed E-state index contributed by atoms with van der Waals surface area (Å²) >= 11 is 5.99. The van der Waals surface area contributed by atoms with Gasteiger partial charge in [-0.1, -0.05) is 16.8 Å². The summed E-state index contributed by atoms with van der Waals surface area (Å²) in [6.07, 6.45) is 0. The third-order valence-electron chi connectivity index (χ3n) is 4.77. The highest BCUT2D eigenvalue weighted by Gasteiger charge is 2.19. The van der Waals surface area contributed by atoms with Crippen LogP contribution in [0.5, 0.6) is 0 Å². The lowest BCUT2D eigenvalue weighted by molar-refractivity contribution is -0.116. The molecule has 0 aliphatic rings. The zero-order valence-electron chi connectivity index (χ0n) is 17.0. The molecule has 2 heterocycles. The Morgan fingerprint density at radius 2 is 2.00 bits per heavy atom. The molecule has 4 aromatic rings. The molecule has 0 atom stereocenters. The lowest BCUT2D eigenvalue weighted by Crippen LogP contribution is -2.30. The highest BCUT2D eigenvalue weighted by Crippen LogP contribution is 2.25. The van der Waals surface area contributed by atoms with Crippen molar-refractivity contribution in [1.29, 1.82) is 0 Å². The summed E-state index contributed by atoms with van der Waals surface area (Å²) in [4.78, 5) is 30.0. The average molecular weight is 444 g/mol. The van der Waals surface area contributed by atoms with Crippen LogP contribution in [0.2, 0.25) is 5.02 Å². The number of rotatable bonds is 5. The molecule has 0 bridgehead atoms. The standard InChI is InChI=1S/C21H19ClFN5O3/c1-11(2)28-17-7-4-13(20-24-12(3)31-26-20)8-18(17)27(21(28)30)10-19(29)25-16-6-5-14(23)9-15(16)22/h4-9,11H,10H2,1-3H3,(H,25,29). The number of halogens is 2. The summed E-state index contributed by atoms with van der Waals surface area (Å²) in [6.45, 7) is 5.21. The number of carbonyl (C=O) groups is 1. The fourth-order valence-electron chi connectivity index (χ4n) is 3.41. The van der Waals surface area contributed by atoms with Crippen LogP contribution in [-0.2, 0) is 11.3 Å². The summed E-state index contributed by atoms with van der Waals surface area (Å²) in [7, 11) is 0. The predicted octanol–water partition coefficient (Wildman–Crippen LogP) is 4.17. The highest BCUT2D eigenvalue weighted by molar-refractivity contribution is 6.33. The predicted molar refractivity (Wildman–Crippen MR) is 115 cm³/mol. The molecule has 10 heteroatoms. The molecule has 1 amide bonds. The Labute approximate surface area is 181 Å². The zero-order chi connectivity index (χ0) is 22.3. The van der Waals surface area contributed by atoms with Crippen LogP contribution in [0.15, 0.2) is 45.7 Å². The molecule has 0 aliphatic heterocycles. The molecule has 160 valence electrons. The van der Waals surface area contributed by atoms with Gasteiger partial charge in [0.2, 0.25) is 17.6 Å². The van der Waals surface area contributed by atoms with Crippen molar-refractivity contribution in [3.8, 4) is 11.4 Å². The van der Waals surface area contributed by atoms with Gasteiger partial charge in [0, 0.05) is 18.5 Å². The minimum Gasteiger partial charge on any atom is -0.339 e. The van der Waals surface area contributed by atoms with Crippen LogP contribution in [0.1, 0.15) is 25.8 Å². The van der Waals surface area contributed by atoms with Crippen molar-refractivity contribution < 1.29 is 13.7 Å². The third kappa shape index (κ3) is 3.96. The van der Waals surface area contributed by atoms with Crippen molar-refractivity contribution in [3.05, 3.63) is 63.6 Å². The van der Waals surface area contributed by atoms with E-state index in [-0.39, 0.29) is 29.0 Å². The summed E-state index contributed by atoms with van der Waals surface area (Å²) in [5, 5.41) is 6.60. The number of aryl methyl sites for hydroxylation is 1. The number of hydrogen-bond acceptors (Lipinski definition) is 5. The molecular formula is C21H19ClFN5O3. The maximum absolute atomic E-state index is 13.3. The minimum absolute atomic E-state index is 0.0695. The van der Waals surface area contributed by atoms with E-state index >= 15 is 0 Å². The quantitative estimate of drug-likeness (QED) is 0.499. The number of nitrogens with one attached hydrogen (secondary N) is 1. The second kappa shape index (κ2) is 7.99. The van der Waals surface area contributed by atoms with E-state index in [0.717, 1.165) is 6.07 Å². The second-order valence-corrected chi connectivity index (χ2v) is 7.75. The van der Waals surface area contributed by atoms with Gasteiger partial charge in [-0.3, -0.25) is 13.9 Å². The molecule has 4 rings (SSSR count). The van der Waals surface area contributed by atoms with Crippen molar-refractivity contribution in [2.75, 3.05) is 5.32 Å². The van der Waals surface area contributed by atoms with E-state index in [0.29, 0.717) is 28.3 Å². The van der Waals surface area contributed by atoms with Crippen molar-refractivity contribution in [3.63, 3.8) is 0 Å². The fraction of sp³-hybridized carbons (Fsp3) is 0.238. The SMILES string of the molecule is Cc1nc(-c2ccc3c(c2)n(CC(=O)Nc2ccc(F)cc2Cl)c(=O)n3C(C)C)no1. The molecule has 0 saturated heterocycles. The summed E-state index contributed by atoms with van der Waals surface area (Å²) in [5.41, 5.74) is 1.82. The molecule has 0 unspecified atom stereocenters. The van der Waals surface area contributed by atoms with E-state index in [4.69, 9.17) is 16.1 Å².